The van der Waals surface area contributed by atoms with Crippen molar-refractivity contribution >= 4 is 17.4 Å². The lowest BCUT2D eigenvalue weighted by molar-refractivity contribution is 0.0952. The van der Waals surface area contributed by atoms with Crippen LogP contribution in [0.5, 0.6) is 0 Å². The number of para-hydroxylation sites is 1. The summed E-state index contributed by atoms with van der Waals surface area (Å²) in [5, 5.41) is 2.66. The van der Waals surface area contributed by atoms with E-state index in [1.807, 2.05) is 13.0 Å². The van der Waals surface area contributed by atoms with Crippen molar-refractivity contribution in [2.45, 2.75) is 19.8 Å². The summed E-state index contributed by atoms with van der Waals surface area (Å²) in [6.07, 6.45) is 1.09. The van der Waals surface area contributed by atoms with Crippen LogP contribution in [0.1, 0.15) is 39.8 Å². The number of Topliss-reactive ketones (excluding diaryl/α,β-unsaturated/α-hetero) is 1. The first-order valence-electron chi connectivity index (χ1n) is 7.20. The number of hydrogen-bond donors (Lipinski definition) is 2. The van der Waals surface area contributed by atoms with Crippen molar-refractivity contribution < 1.29 is 9.59 Å². The number of nitrogens with one attached hydrogen (secondary N) is 2. The molecule has 5 nitrogen and oxygen atoms in total. The monoisotopic (exact) mass is 296 g/mol. The molecule has 22 heavy (non-hydrogen) atoms. The van der Waals surface area contributed by atoms with Crippen LogP contribution in [0.3, 0.4) is 0 Å². The van der Waals surface area contributed by atoms with Crippen LogP contribution in [0.2, 0.25) is 0 Å². The normalized spacial score (nSPS) is 17.0. The van der Waals surface area contributed by atoms with E-state index in [4.69, 9.17) is 0 Å². The number of pyridine rings is 1. The number of amides is 1. The molecule has 1 aromatic heterocycles. The first-order valence-corrected chi connectivity index (χ1v) is 7.20. The number of benzene rings is 1. The Morgan fingerprint density at radius 1 is 1.18 bits per heavy atom. The molecule has 1 aliphatic carbocycles. The van der Waals surface area contributed by atoms with E-state index in [0.717, 1.165) is 0 Å². The highest BCUT2D eigenvalue weighted by molar-refractivity contribution is 6.06. The maximum Gasteiger partial charge on any atom is 0.261 e. The lowest BCUT2D eigenvalue weighted by atomic mass is 9.86. The zero-order chi connectivity index (χ0) is 15.7. The molecule has 1 atom stereocenters. The first-order chi connectivity index (χ1) is 10.5. The van der Waals surface area contributed by atoms with Crippen molar-refractivity contribution in [3.05, 3.63) is 63.6 Å². The molecule has 1 heterocycles. The van der Waals surface area contributed by atoms with E-state index in [0.29, 0.717) is 29.8 Å². The highest BCUT2D eigenvalue weighted by atomic mass is 16.2. The maximum absolute atomic E-state index is 12.2. The third kappa shape index (κ3) is 2.70. The minimum absolute atomic E-state index is 0.0289. The van der Waals surface area contributed by atoms with E-state index in [1.165, 1.54) is 6.07 Å². The van der Waals surface area contributed by atoms with Crippen molar-refractivity contribution in [1.82, 2.24) is 4.98 Å². The molecular weight excluding hydrogens is 280 g/mol. The summed E-state index contributed by atoms with van der Waals surface area (Å²) >= 11 is 0. The van der Waals surface area contributed by atoms with Crippen molar-refractivity contribution in [1.29, 1.82) is 0 Å². The van der Waals surface area contributed by atoms with Gasteiger partial charge in [0.1, 0.15) is 5.56 Å². The Morgan fingerprint density at radius 2 is 1.91 bits per heavy atom. The van der Waals surface area contributed by atoms with Crippen LogP contribution in [-0.2, 0) is 6.42 Å². The summed E-state index contributed by atoms with van der Waals surface area (Å²) < 4.78 is 0. The van der Waals surface area contributed by atoms with E-state index < -0.39 is 11.5 Å². The second-order valence-corrected chi connectivity index (χ2v) is 5.66. The molecule has 0 spiro atoms. The molecule has 0 radical (unpaired) electrons. The standard InChI is InChI=1S/C17H16N2O3/c1-10-7-14-12(15(20)8-10)9-13(17(22)19-14)16(21)18-11-5-3-2-4-6-11/h2-6,9-10H,7-8H2,1H3,(H,18,21)(H,19,22). The van der Waals surface area contributed by atoms with E-state index >= 15 is 0 Å². The lowest BCUT2D eigenvalue weighted by Gasteiger charge is -2.20. The summed E-state index contributed by atoms with van der Waals surface area (Å²) in [4.78, 5) is 39.1. The van der Waals surface area contributed by atoms with Crippen LogP contribution in [0.25, 0.3) is 0 Å². The minimum Gasteiger partial charge on any atom is -0.325 e. The van der Waals surface area contributed by atoms with Crippen LogP contribution in [0, 0.1) is 5.92 Å². The summed E-state index contributed by atoms with van der Waals surface area (Å²) in [5.41, 5.74) is 1.19. The average molecular weight is 296 g/mol. The van der Waals surface area contributed by atoms with E-state index in [-0.39, 0.29) is 17.3 Å². The zero-order valence-corrected chi connectivity index (χ0v) is 12.2. The number of aromatic nitrogens is 1. The maximum atomic E-state index is 12.2. The van der Waals surface area contributed by atoms with Gasteiger partial charge >= 0.3 is 0 Å². The molecular formula is C17H16N2O3. The minimum atomic E-state index is -0.512. The van der Waals surface area contributed by atoms with Crippen LogP contribution in [0.4, 0.5) is 5.69 Å². The van der Waals surface area contributed by atoms with Crippen LogP contribution < -0.4 is 10.9 Å². The Kier molecular flexibility index (Phi) is 3.63. The predicted octanol–water partition coefficient (Wildman–Crippen LogP) is 2.39. The fourth-order valence-corrected chi connectivity index (χ4v) is 2.71. The Morgan fingerprint density at radius 3 is 2.64 bits per heavy atom. The fraction of sp³-hybridized carbons (Fsp3) is 0.235. The Hall–Kier alpha value is -2.69. The number of carbonyl (C=O) groups is 2. The van der Waals surface area contributed by atoms with Gasteiger partial charge in [0.25, 0.3) is 11.5 Å². The van der Waals surface area contributed by atoms with Crippen molar-refractivity contribution in [2.75, 3.05) is 5.32 Å². The second kappa shape index (κ2) is 5.60. The van der Waals surface area contributed by atoms with Gasteiger partial charge in [0.2, 0.25) is 0 Å². The smallest absolute Gasteiger partial charge is 0.261 e. The average Bonchev–Trinajstić information content (AvgIpc) is 2.47. The number of anilines is 1. The largest absolute Gasteiger partial charge is 0.325 e. The number of hydrogen-bond acceptors (Lipinski definition) is 3. The van der Waals surface area contributed by atoms with Gasteiger partial charge in [-0.2, -0.15) is 0 Å². The van der Waals surface area contributed by atoms with Crippen LogP contribution in [0.15, 0.2) is 41.2 Å². The van der Waals surface area contributed by atoms with E-state index in [9.17, 15) is 14.4 Å². The highest BCUT2D eigenvalue weighted by Crippen LogP contribution is 2.23. The number of aromatic amines is 1. The number of carbonyl (C=O) groups excluding carboxylic acids is 2. The summed E-state index contributed by atoms with van der Waals surface area (Å²) in [5.74, 6) is -0.333. The van der Waals surface area contributed by atoms with E-state index in [1.54, 1.807) is 24.3 Å². The number of ketones is 1. The van der Waals surface area contributed by atoms with Crippen molar-refractivity contribution in [3.63, 3.8) is 0 Å². The summed E-state index contributed by atoms with van der Waals surface area (Å²) in [7, 11) is 0. The summed E-state index contributed by atoms with van der Waals surface area (Å²) in [6, 6.07) is 10.3. The van der Waals surface area contributed by atoms with Gasteiger partial charge in [0.15, 0.2) is 5.78 Å². The molecule has 0 aliphatic heterocycles. The van der Waals surface area contributed by atoms with E-state index in [2.05, 4.69) is 10.3 Å². The number of fused-ring (bicyclic) bond motifs is 1. The van der Waals surface area contributed by atoms with Gasteiger partial charge in [-0.3, -0.25) is 14.4 Å². The SMILES string of the molecule is CC1CC(=O)c2cc(C(=O)Nc3ccccc3)c(=O)[nH]c2C1. The predicted molar refractivity (Wildman–Crippen MR) is 83.3 cm³/mol. The molecule has 1 unspecified atom stereocenters. The molecule has 1 aromatic carbocycles. The molecule has 0 fully saturated rings. The molecule has 3 rings (SSSR count). The molecule has 0 saturated carbocycles. The molecule has 1 amide bonds. The van der Waals surface area contributed by atoms with Gasteiger partial charge in [0.05, 0.1) is 0 Å². The van der Waals surface area contributed by atoms with Gasteiger partial charge in [-0.15, -0.1) is 0 Å². The van der Waals surface area contributed by atoms with Gasteiger partial charge in [0, 0.05) is 23.4 Å². The van der Waals surface area contributed by atoms with Crippen LogP contribution >= 0.6 is 0 Å². The molecule has 0 saturated heterocycles. The van der Waals surface area contributed by atoms with Crippen molar-refractivity contribution in [3.8, 4) is 0 Å². The molecule has 1 aliphatic rings. The van der Waals surface area contributed by atoms with Gasteiger partial charge in [-0.1, -0.05) is 25.1 Å². The quantitative estimate of drug-likeness (QED) is 0.893. The third-order valence-corrected chi connectivity index (χ3v) is 3.79. The molecule has 112 valence electrons. The topological polar surface area (TPSA) is 79.0 Å². The number of H-pyrrole nitrogens is 1. The molecule has 5 heteroatoms. The fourth-order valence-electron chi connectivity index (χ4n) is 2.71. The van der Waals surface area contributed by atoms with Gasteiger partial charge in [-0.25, -0.2) is 0 Å². The molecule has 0 bridgehead atoms. The van der Waals surface area contributed by atoms with Gasteiger partial charge < -0.3 is 10.3 Å². The third-order valence-electron chi connectivity index (χ3n) is 3.79. The van der Waals surface area contributed by atoms with Gasteiger partial charge in [-0.05, 0) is 30.5 Å². The first kappa shape index (κ1) is 14.3. The highest BCUT2D eigenvalue weighted by Gasteiger charge is 2.25. The lowest BCUT2D eigenvalue weighted by Crippen LogP contribution is -2.29. The summed E-state index contributed by atoms with van der Waals surface area (Å²) in [6.45, 7) is 1.97. The van der Waals surface area contributed by atoms with Crippen LogP contribution in [-0.4, -0.2) is 16.7 Å². The second-order valence-electron chi connectivity index (χ2n) is 5.66. The Labute approximate surface area is 127 Å². The molecule has 2 aromatic rings. The Bertz CT molecular complexity index is 793. The van der Waals surface area contributed by atoms with Crippen molar-refractivity contribution in [2.24, 2.45) is 5.92 Å². The Balaban J connectivity index is 1.95. The zero-order valence-electron chi connectivity index (χ0n) is 12.2. The molecule has 2 N–H and O–H groups in total. The number of rotatable bonds is 2.